The minimum Gasteiger partial charge on any atom is -0.298 e. The normalized spacial score (nSPS) is 11.1. The van der Waals surface area contributed by atoms with Gasteiger partial charge < -0.3 is 0 Å². The van der Waals surface area contributed by atoms with Gasteiger partial charge in [-0.15, -0.1) is 0 Å². The maximum Gasteiger partial charge on any atom is 0.150 e. The SMILES string of the molecule is O=Cc1ccc2ccccc2c1C=CCCBr. The van der Waals surface area contributed by atoms with Crippen molar-refractivity contribution < 1.29 is 4.79 Å². The van der Waals surface area contributed by atoms with E-state index in [0.29, 0.717) is 0 Å². The summed E-state index contributed by atoms with van der Waals surface area (Å²) in [5.41, 5.74) is 1.76. The van der Waals surface area contributed by atoms with Crippen molar-refractivity contribution in [1.82, 2.24) is 0 Å². The fraction of sp³-hybridized carbons (Fsp3) is 0.133. The van der Waals surface area contributed by atoms with Crippen molar-refractivity contribution in [3.63, 3.8) is 0 Å². The molecular weight excluding hydrogens is 276 g/mol. The highest BCUT2D eigenvalue weighted by Crippen LogP contribution is 2.23. The Labute approximate surface area is 109 Å². The van der Waals surface area contributed by atoms with Crippen LogP contribution >= 0.6 is 15.9 Å². The maximum absolute atomic E-state index is 11.1. The van der Waals surface area contributed by atoms with Gasteiger partial charge in [0, 0.05) is 10.9 Å². The minimum atomic E-state index is 0.745. The van der Waals surface area contributed by atoms with Crippen LogP contribution in [-0.4, -0.2) is 11.6 Å². The summed E-state index contributed by atoms with van der Waals surface area (Å²) in [6, 6.07) is 12.0. The molecule has 0 N–H and O–H groups in total. The summed E-state index contributed by atoms with van der Waals surface area (Å²) >= 11 is 3.39. The predicted molar refractivity (Wildman–Crippen MR) is 76.8 cm³/mol. The first kappa shape index (κ1) is 12.1. The fourth-order valence-electron chi connectivity index (χ4n) is 1.87. The molecule has 2 heteroatoms. The Morgan fingerprint density at radius 3 is 2.71 bits per heavy atom. The van der Waals surface area contributed by atoms with Crippen LogP contribution in [0.25, 0.3) is 16.8 Å². The Morgan fingerprint density at radius 1 is 1.12 bits per heavy atom. The third-order valence-electron chi connectivity index (χ3n) is 2.69. The molecule has 2 aromatic rings. The van der Waals surface area contributed by atoms with Crippen LogP contribution in [0.2, 0.25) is 0 Å². The molecule has 86 valence electrons. The van der Waals surface area contributed by atoms with Gasteiger partial charge in [0.15, 0.2) is 6.29 Å². The average Bonchev–Trinajstić information content (AvgIpc) is 2.39. The number of allylic oxidation sites excluding steroid dienone is 1. The van der Waals surface area contributed by atoms with Crippen molar-refractivity contribution in [1.29, 1.82) is 0 Å². The van der Waals surface area contributed by atoms with E-state index in [4.69, 9.17) is 0 Å². The molecular formula is C15H13BrO. The first-order valence-corrected chi connectivity index (χ1v) is 6.68. The van der Waals surface area contributed by atoms with E-state index < -0.39 is 0 Å². The summed E-state index contributed by atoms with van der Waals surface area (Å²) in [7, 11) is 0. The second-order valence-corrected chi connectivity index (χ2v) is 4.58. The molecule has 0 aliphatic heterocycles. The van der Waals surface area contributed by atoms with Gasteiger partial charge in [0.05, 0.1) is 0 Å². The average molecular weight is 289 g/mol. The number of carbonyl (C=O) groups excluding carboxylic acids is 1. The second kappa shape index (κ2) is 5.78. The van der Waals surface area contributed by atoms with Crippen molar-refractivity contribution in [3.05, 3.63) is 53.6 Å². The summed E-state index contributed by atoms with van der Waals surface area (Å²) < 4.78 is 0. The lowest BCUT2D eigenvalue weighted by Crippen LogP contribution is -1.88. The Hall–Kier alpha value is -1.41. The van der Waals surface area contributed by atoms with Crippen LogP contribution in [0.1, 0.15) is 22.3 Å². The van der Waals surface area contributed by atoms with Crippen LogP contribution in [0.5, 0.6) is 0 Å². The molecule has 0 amide bonds. The number of benzene rings is 2. The lowest BCUT2D eigenvalue weighted by Gasteiger charge is -2.05. The predicted octanol–water partition coefficient (Wildman–Crippen LogP) is 4.45. The van der Waals surface area contributed by atoms with Crippen molar-refractivity contribution in [2.45, 2.75) is 6.42 Å². The lowest BCUT2D eigenvalue weighted by molar-refractivity contribution is 0.112. The molecule has 0 fully saturated rings. The van der Waals surface area contributed by atoms with Gasteiger partial charge in [0.25, 0.3) is 0 Å². The van der Waals surface area contributed by atoms with E-state index in [0.717, 1.165) is 39.9 Å². The van der Waals surface area contributed by atoms with Crippen molar-refractivity contribution in [3.8, 4) is 0 Å². The van der Waals surface area contributed by atoms with Crippen LogP contribution in [0, 0.1) is 0 Å². The highest BCUT2D eigenvalue weighted by Gasteiger charge is 2.03. The van der Waals surface area contributed by atoms with Crippen LogP contribution in [0.4, 0.5) is 0 Å². The Bertz CT molecular complexity index is 558. The second-order valence-electron chi connectivity index (χ2n) is 3.79. The summed E-state index contributed by atoms with van der Waals surface area (Å²) in [5.74, 6) is 0. The molecule has 2 aromatic carbocycles. The van der Waals surface area contributed by atoms with E-state index in [-0.39, 0.29) is 0 Å². The molecule has 1 nitrogen and oxygen atoms in total. The minimum absolute atomic E-state index is 0.745. The van der Waals surface area contributed by atoms with E-state index in [2.05, 4.69) is 34.1 Å². The third-order valence-corrected chi connectivity index (χ3v) is 3.15. The zero-order valence-corrected chi connectivity index (χ0v) is 11.0. The molecule has 0 unspecified atom stereocenters. The van der Waals surface area contributed by atoms with Gasteiger partial charge in [-0.05, 0) is 22.8 Å². The first-order valence-electron chi connectivity index (χ1n) is 5.56. The van der Waals surface area contributed by atoms with Gasteiger partial charge in [-0.3, -0.25) is 4.79 Å². The number of aldehydes is 1. The number of alkyl halides is 1. The molecule has 0 atom stereocenters. The lowest BCUT2D eigenvalue weighted by atomic mass is 9.99. The molecule has 0 radical (unpaired) electrons. The molecule has 0 aliphatic rings. The summed E-state index contributed by atoms with van der Waals surface area (Å²) in [6.45, 7) is 0. The largest absolute Gasteiger partial charge is 0.298 e. The standard InChI is InChI=1S/C15H13BrO/c16-10-4-3-7-15-13(11-17)9-8-12-5-1-2-6-14(12)15/h1-3,5-9,11H,4,10H2. The van der Waals surface area contributed by atoms with Gasteiger partial charge >= 0.3 is 0 Å². The van der Waals surface area contributed by atoms with Crippen molar-refractivity contribution in [2.24, 2.45) is 0 Å². The number of fused-ring (bicyclic) bond motifs is 1. The molecule has 0 saturated heterocycles. The van der Waals surface area contributed by atoms with Gasteiger partial charge in [0.1, 0.15) is 0 Å². The first-order chi connectivity index (χ1) is 8.36. The number of halogens is 1. The number of hydrogen-bond acceptors (Lipinski definition) is 1. The van der Waals surface area contributed by atoms with Crippen LogP contribution < -0.4 is 0 Å². The highest BCUT2D eigenvalue weighted by molar-refractivity contribution is 9.09. The molecule has 0 aliphatic carbocycles. The van der Waals surface area contributed by atoms with Gasteiger partial charge in [-0.1, -0.05) is 64.5 Å². The Morgan fingerprint density at radius 2 is 1.94 bits per heavy atom. The molecule has 0 spiro atoms. The number of rotatable bonds is 4. The monoisotopic (exact) mass is 288 g/mol. The maximum atomic E-state index is 11.1. The van der Waals surface area contributed by atoms with Crippen LogP contribution in [0.15, 0.2) is 42.5 Å². The van der Waals surface area contributed by atoms with E-state index in [1.165, 1.54) is 0 Å². The van der Waals surface area contributed by atoms with Gasteiger partial charge in [0.2, 0.25) is 0 Å². The molecule has 0 aromatic heterocycles. The van der Waals surface area contributed by atoms with E-state index in [1.807, 2.05) is 30.3 Å². The zero-order valence-electron chi connectivity index (χ0n) is 9.40. The number of carbonyl (C=O) groups is 1. The Kier molecular flexibility index (Phi) is 4.10. The highest BCUT2D eigenvalue weighted by atomic mass is 79.9. The zero-order chi connectivity index (χ0) is 12.1. The quantitative estimate of drug-likeness (QED) is 0.600. The summed E-state index contributed by atoms with van der Waals surface area (Å²) in [6.07, 6.45) is 6.00. The fourth-order valence-corrected chi connectivity index (χ4v) is 2.13. The van der Waals surface area contributed by atoms with Gasteiger partial charge in [-0.25, -0.2) is 0 Å². The Balaban J connectivity index is 2.58. The van der Waals surface area contributed by atoms with E-state index >= 15 is 0 Å². The summed E-state index contributed by atoms with van der Waals surface area (Å²) in [4.78, 5) is 11.1. The summed E-state index contributed by atoms with van der Waals surface area (Å²) in [5, 5.41) is 3.23. The smallest absolute Gasteiger partial charge is 0.150 e. The van der Waals surface area contributed by atoms with Crippen LogP contribution in [0.3, 0.4) is 0 Å². The van der Waals surface area contributed by atoms with E-state index in [1.54, 1.807) is 0 Å². The molecule has 0 saturated carbocycles. The molecule has 17 heavy (non-hydrogen) atoms. The molecule has 2 rings (SSSR count). The van der Waals surface area contributed by atoms with Crippen LogP contribution in [-0.2, 0) is 0 Å². The third kappa shape index (κ3) is 2.64. The van der Waals surface area contributed by atoms with Crippen molar-refractivity contribution in [2.75, 3.05) is 5.33 Å². The van der Waals surface area contributed by atoms with Gasteiger partial charge in [-0.2, -0.15) is 0 Å². The van der Waals surface area contributed by atoms with Crippen molar-refractivity contribution >= 4 is 39.1 Å². The number of hydrogen-bond donors (Lipinski definition) is 0. The topological polar surface area (TPSA) is 17.1 Å². The molecule has 0 heterocycles. The van der Waals surface area contributed by atoms with E-state index in [9.17, 15) is 4.79 Å². The molecule has 0 bridgehead atoms.